The summed E-state index contributed by atoms with van der Waals surface area (Å²) in [6, 6.07) is 7.59. The number of carbonyl (C=O) groups is 1. The minimum atomic E-state index is 0.109. The highest BCUT2D eigenvalue weighted by atomic mass is 16.5. The van der Waals surface area contributed by atoms with E-state index in [-0.39, 0.29) is 11.8 Å². The molecule has 7 heteroatoms. The first-order valence-electron chi connectivity index (χ1n) is 8.11. The number of methoxy groups -OCH3 is 1. The third-order valence-electron chi connectivity index (χ3n) is 4.38. The molecule has 2 aromatic rings. The van der Waals surface area contributed by atoms with Crippen LogP contribution >= 0.6 is 0 Å². The van der Waals surface area contributed by atoms with Gasteiger partial charge in [-0.25, -0.2) is 0 Å². The Kier molecular flexibility index (Phi) is 5.10. The van der Waals surface area contributed by atoms with Gasteiger partial charge in [-0.3, -0.25) is 9.69 Å². The lowest BCUT2D eigenvalue weighted by Gasteiger charge is -2.29. The van der Waals surface area contributed by atoms with Crippen LogP contribution in [-0.2, 0) is 11.3 Å². The van der Waals surface area contributed by atoms with E-state index in [2.05, 4.69) is 20.4 Å². The van der Waals surface area contributed by atoms with Crippen molar-refractivity contribution < 1.29 is 14.1 Å². The molecule has 24 heavy (non-hydrogen) atoms. The first-order valence-corrected chi connectivity index (χ1v) is 8.11. The maximum Gasteiger partial charge on any atom is 0.241 e. The van der Waals surface area contributed by atoms with Crippen LogP contribution in [-0.4, -0.2) is 48.2 Å². The Morgan fingerprint density at radius 3 is 2.83 bits per heavy atom. The van der Waals surface area contributed by atoms with Crippen LogP contribution in [0.2, 0.25) is 0 Å². The molecule has 0 radical (unpaired) electrons. The lowest BCUT2D eigenvalue weighted by molar-refractivity contribution is -0.125. The van der Waals surface area contributed by atoms with Gasteiger partial charge in [-0.2, -0.15) is 4.98 Å². The van der Waals surface area contributed by atoms with Crippen LogP contribution in [0.1, 0.15) is 18.7 Å². The molecule has 128 valence electrons. The molecule has 1 aromatic heterocycles. The number of aromatic nitrogens is 2. The highest BCUT2D eigenvalue weighted by Gasteiger charge is 2.25. The molecule has 1 aliphatic rings. The molecule has 2 heterocycles. The molecule has 1 aromatic carbocycles. The van der Waals surface area contributed by atoms with Gasteiger partial charge in [0.1, 0.15) is 5.75 Å². The molecule has 0 spiro atoms. The number of carbonyl (C=O) groups excluding carboxylic acids is 1. The quantitative estimate of drug-likeness (QED) is 0.899. The van der Waals surface area contributed by atoms with Gasteiger partial charge in [-0.15, -0.1) is 0 Å². The molecule has 3 rings (SSSR count). The number of benzene rings is 1. The molecule has 7 nitrogen and oxygen atoms in total. The minimum absolute atomic E-state index is 0.109. The van der Waals surface area contributed by atoms with E-state index < -0.39 is 0 Å². The van der Waals surface area contributed by atoms with Crippen molar-refractivity contribution in [3.05, 3.63) is 30.2 Å². The maximum atomic E-state index is 11.7. The van der Waals surface area contributed by atoms with E-state index in [9.17, 15) is 4.79 Å². The number of hydrogen-bond acceptors (Lipinski definition) is 6. The number of rotatable bonds is 5. The highest BCUT2D eigenvalue weighted by Crippen LogP contribution is 2.27. The molecule has 0 aliphatic carbocycles. The molecule has 1 amide bonds. The zero-order valence-electron chi connectivity index (χ0n) is 14.0. The predicted molar refractivity (Wildman–Crippen MR) is 88.4 cm³/mol. The van der Waals surface area contributed by atoms with Crippen LogP contribution in [0.3, 0.4) is 0 Å². The second kappa shape index (κ2) is 7.44. The Morgan fingerprint density at radius 1 is 1.38 bits per heavy atom. The molecule has 0 bridgehead atoms. The second-order valence-corrected chi connectivity index (χ2v) is 5.88. The SMILES string of the molecule is CNC(=O)C1CCN(Cc2nc(-c3ccccc3OC)no2)CC1. The minimum Gasteiger partial charge on any atom is -0.496 e. The van der Waals surface area contributed by atoms with E-state index in [0.29, 0.717) is 18.3 Å². The fraction of sp³-hybridized carbons (Fsp3) is 0.471. The van der Waals surface area contributed by atoms with E-state index in [1.165, 1.54) is 0 Å². The van der Waals surface area contributed by atoms with Gasteiger partial charge in [0.05, 0.1) is 19.2 Å². The zero-order valence-corrected chi connectivity index (χ0v) is 14.0. The second-order valence-electron chi connectivity index (χ2n) is 5.88. The van der Waals surface area contributed by atoms with Gasteiger partial charge in [0.2, 0.25) is 17.6 Å². The van der Waals surface area contributed by atoms with Gasteiger partial charge in [0.25, 0.3) is 0 Å². The molecule has 1 saturated heterocycles. The number of hydrogen-bond donors (Lipinski definition) is 1. The highest BCUT2D eigenvalue weighted by molar-refractivity contribution is 5.78. The van der Waals surface area contributed by atoms with Gasteiger partial charge in [0, 0.05) is 13.0 Å². The Labute approximate surface area is 141 Å². The summed E-state index contributed by atoms with van der Waals surface area (Å²) in [5, 5.41) is 6.78. The normalized spacial score (nSPS) is 16.1. The summed E-state index contributed by atoms with van der Waals surface area (Å²) < 4.78 is 10.7. The summed E-state index contributed by atoms with van der Waals surface area (Å²) in [6.07, 6.45) is 1.71. The van der Waals surface area contributed by atoms with Crippen molar-refractivity contribution in [2.75, 3.05) is 27.2 Å². The first-order chi connectivity index (χ1) is 11.7. The van der Waals surface area contributed by atoms with E-state index in [1.54, 1.807) is 14.2 Å². The number of nitrogens with one attached hydrogen (secondary N) is 1. The smallest absolute Gasteiger partial charge is 0.241 e. The van der Waals surface area contributed by atoms with Gasteiger partial charge in [-0.05, 0) is 38.1 Å². The molecule has 0 atom stereocenters. The number of nitrogens with zero attached hydrogens (tertiary/aromatic N) is 3. The largest absolute Gasteiger partial charge is 0.496 e. The third kappa shape index (κ3) is 3.56. The summed E-state index contributed by atoms with van der Waals surface area (Å²) in [5.74, 6) is 2.07. The van der Waals surface area contributed by atoms with Crippen LogP contribution in [0, 0.1) is 5.92 Å². The van der Waals surface area contributed by atoms with Gasteiger partial charge < -0.3 is 14.6 Å². The number of piperidine rings is 1. The number of para-hydroxylation sites is 1. The number of ether oxygens (including phenoxy) is 1. The molecular weight excluding hydrogens is 308 g/mol. The average molecular weight is 330 g/mol. The molecule has 1 N–H and O–H groups in total. The van der Waals surface area contributed by atoms with Gasteiger partial charge >= 0.3 is 0 Å². The Bertz CT molecular complexity index is 693. The van der Waals surface area contributed by atoms with E-state index >= 15 is 0 Å². The fourth-order valence-corrected chi connectivity index (χ4v) is 3.01. The lowest BCUT2D eigenvalue weighted by atomic mass is 9.96. The monoisotopic (exact) mass is 330 g/mol. The maximum absolute atomic E-state index is 11.7. The molecular formula is C17H22N4O3. The van der Waals surface area contributed by atoms with Crippen molar-refractivity contribution in [1.82, 2.24) is 20.4 Å². The average Bonchev–Trinajstić information content (AvgIpc) is 3.10. The van der Waals surface area contributed by atoms with E-state index in [4.69, 9.17) is 9.26 Å². The third-order valence-corrected chi connectivity index (χ3v) is 4.38. The fourth-order valence-electron chi connectivity index (χ4n) is 3.01. The summed E-state index contributed by atoms with van der Waals surface area (Å²) in [5.41, 5.74) is 0.813. The topological polar surface area (TPSA) is 80.5 Å². The van der Waals surface area contributed by atoms with Crippen molar-refractivity contribution in [1.29, 1.82) is 0 Å². The Hall–Kier alpha value is -2.41. The van der Waals surface area contributed by atoms with Crippen LogP contribution in [0.15, 0.2) is 28.8 Å². The first kappa shape index (κ1) is 16.4. The molecule has 0 unspecified atom stereocenters. The van der Waals surface area contributed by atoms with Crippen LogP contribution in [0.5, 0.6) is 5.75 Å². The standard InChI is InChI=1S/C17H22N4O3/c1-18-17(22)12-7-9-21(10-8-12)11-15-19-16(20-24-15)13-5-3-4-6-14(13)23-2/h3-6,12H,7-11H2,1-2H3,(H,18,22). The zero-order chi connectivity index (χ0) is 16.9. The van der Waals surface area contributed by atoms with Crippen LogP contribution < -0.4 is 10.1 Å². The van der Waals surface area contributed by atoms with Gasteiger partial charge in [-0.1, -0.05) is 17.3 Å². The van der Waals surface area contributed by atoms with Gasteiger partial charge in [0.15, 0.2) is 0 Å². The summed E-state index contributed by atoms with van der Waals surface area (Å²) >= 11 is 0. The predicted octanol–water partition coefficient (Wildman–Crippen LogP) is 1.70. The Morgan fingerprint density at radius 2 is 2.12 bits per heavy atom. The van der Waals surface area contributed by atoms with Crippen LogP contribution in [0.25, 0.3) is 11.4 Å². The van der Waals surface area contributed by atoms with Crippen molar-refractivity contribution in [3.8, 4) is 17.1 Å². The van der Waals surface area contributed by atoms with E-state index in [1.807, 2.05) is 24.3 Å². The molecule has 1 aliphatic heterocycles. The summed E-state index contributed by atoms with van der Waals surface area (Å²) in [4.78, 5) is 18.4. The van der Waals surface area contributed by atoms with E-state index in [0.717, 1.165) is 37.2 Å². The number of likely N-dealkylation sites (tertiary alicyclic amines) is 1. The molecule has 1 fully saturated rings. The van der Waals surface area contributed by atoms with Crippen molar-refractivity contribution >= 4 is 5.91 Å². The van der Waals surface area contributed by atoms with Crippen molar-refractivity contribution in [2.24, 2.45) is 5.92 Å². The summed E-state index contributed by atoms with van der Waals surface area (Å²) in [7, 11) is 3.31. The Balaban J connectivity index is 1.62. The summed E-state index contributed by atoms with van der Waals surface area (Å²) in [6.45, 7) is 2.30. The molecule has 0 saturated carbocycles. The lowest BCUT2D eigenvalue weighted by Crippen LogP contribution is -2.39. The van der Waals surface area contributed by atoms with Crippen molar-refractivity contribution in [2.45, 2.75) is 19.4 Å². The number of amides is 1. The van der Waals surface area contributed by atoms with Crippen molar-refractivity contribution in [3.63, 3.8) is 0 Å². The van der Waals surface area contributed by atoms with Crippen LogP contribution in [0.4, 0.5) is 0 Å².